The highest BCUT2D eigenvalue weighted by atomic mass is 16.3. The first-order valence-electron chi connectivity index (χ1n) is 8.04. The first-order valence-corrected chi connectivity index (χ1v) is 8.04. The second kappa shape index (κ2) is 5.10. The van der Waals surface area contributed by atoms with E-state index in [-0.39, 0.29) is 12.1 Å². The van der Waals surface area contributed by atoms with E-state index >= 15 is 0 Å². The SMILES string of the molecule is CN1c2ccccc2C2(O)CCCN(C(=O)c3ccccc3)C12. The Morgan fingerprint density at radius 3 is 2.61 bits per heavy atom. The van der Waals surface area contributed by atoms with Gasteiger partial charge in [-0.3, -0.25) is 4.79 Å². The molecule has 1 fully saturated rings. The standard InChI is InChI=1S/C19H20N2O2/c1-20-16-11-6-5-10-15(16)19(23)12-7-13-21(18(19)20)17(22)14-8-3-2-4-9-14/h2-6,8-11,18,23H,7,12-13H2,1H3. The van der Waals surface area contributed by atoms with Crippen LogP contribution in [0.25, 0.3) is 0 Å². The first-order chi connectivity index (χ1) is 11.1. The molecule has 23 heavy (non-hydrogen) atoms. The van der Waals surface area contributed by atoms with Crippen LogP contribution in [-0.2, 0) is 5.60 Å². The highest BCUT2D eigenvalue weighted by Crippen LogP contribution is 2.49. The molecule has 0 aromatic heterocycles. The number of benzene rings is 2. The molecule has 118 valence electrons. The zero-order valence-electron chi connectivity index (χ0n) is 13.1. The van der Waals surface area contributed by atoms with Crippen molar-refractivity contribution in [3.63, 3.8) is 0 Å². The molecule has 2 heterocycles. The number of likely N-dealkylation sites (tertiary alicyclic amines) is 1. The van der Waals surface area contributed by atoms with Gasteiger partial charge in [0.05, 0.1) is 0 Å². The topological polar surface area (TPSA) is 43.8 Å². The fourth-order valence-electron chi connectivity index (χ4n) is 4.07. The minimum Gasteiger partial charge on any atom is -0.381 e. The fourth-order valence-corrected chi connectivity index (χ4v) is 4.07. The lowest BCUT2D eigenvalue weighted by Crippen LogP contribution is -2.60. The normalized spacial score (nSPS) is 25.9. The molecule has 0 spiro atoms. The average Bonchev–Trinajstić information content (AvgIpc) is 2.83. The van der Waals surface area contributed by atoms with Crippen molar-refractivity contribution in [3.8, 4) is 0 Å². The summed E-state index contributed by atoms with van der Waals surface area (Å²) in [6.07, 6.45) is 1.13. The van der Waals surface area contributed by atoms with Gasteiger partial charge in [-0.2, -0.15) is 0 Å². The highest BCUT2D eigenvalue weighted by molar-refractivity contribution is 5.95. The number of amides is 1. The molecule has 2 aromatic rings. The summed E-state index contributed by atoms with van der Waals surface area (Å²) in [4.78, 5) is 16.8. The maximum Gasteiger partial charge on any atom is 0.255 e. The summed E-state index contributed by atoms with van der Waals surface area (Å²) >= 11 is 0. The molecule has 4 nitrogen and oxygen atoms in total. The molecule has 2 aliphatic heterocycles. The van der Waals surface area contributed by atoms with Crippen molar-refractivity contribution < 1.29 is 9.90 Å². The Balaban J connectivity index is 1.76. The molecule has 4 rings (SSSR count). The maximum atomic E-state index is 13.0. The van der Waals surface area contributed by atoms with Gasteiger partial charge in [-0.15, -0.1) is 0 Å². The van der Waals surface area contributed by atoms with Gasteiger partial charge in [0, 0.05) is 30.4 Å². The Labute approximate surface area is 136 Å². The third-order valence-electron chi connectivity index (χ3n) is 5.08. The number of anilines is 1. The van der Waals surface area contributed by atoms with Gasteiger partial charge in [-0.25, -0.2) is 0 Å². The Hall–Kier alpha value is -2.33. The van der Waals surface area contributed by atoms with Crippen molar-refractivity contribution in [3.05, 3.63) is 65.7 Å². The van der Waals surface area contributed by atoms with E-state index in [0.717, 1.165) is 17.7 Å². The van der Waals surface area contributed by atoms with Crippen LogP contribution in [0.4, 0.5) is 5.69 Å². The van der Waals surface area contributed by atoms with E-state index in [2.05, 4.69) is 0 Å². The summed E-state index contributed by atoms with van der Waals surface area (Å²) in [5, 5.41) is 11.4. The number of aliphatic hydroxyl groups is 1. The molecule has 2 atom stereocenters. The Kier molecular flexibility index (Phi) is 3.16. The lowest BCUT2D eigenvalue weighted by molar-refractivity contribution is -0.0645. The van der Waals surface area contributed by atoms with Gasteiger partial charge in [0.25, 0.3) is 5.91 Å². The predicted octanol–water partition coefficient (Wildman–Crippen LogP) is 2.59. The van der Waals surface area contributed by atoms with Crippen molar-refractivity contribution in [1.29, 1.82) is 0 Å². The summed E-state index contributed by atoms with van der Waals surface area (Å²) in [7, 11) is 1.96. The van der Waals surface area contributed by atoms with Gasteiger partial charge >= 0.3 is 0 Å². The van der Waals surface area contributed by atoms with E-state index in [9.17, 15) is 9.90 Å². The molecule has 2 unspecified atom stereocenters. The summed E-state index contributed by atoms with van der Waals surface area (Å²) < 4.78 is 0. The van der Waals surface area contributed by atoms with Crippen molar-refractivity contribution in [2.24, 2.45) is 0 Å². The molecule has 1 saturated heterocycles. The molecule has 2 aromatic carbocycles. The van der Waals surface area contributed by atoms with E-state index in [1.54, 1.807) is 0 Å². The number of carbonyl (C=O) groups is 1. The maximum absolute atomic E-state index is 13.0. The predicted molar refractivity (Wildman–Crippen MR) is 89.2 cm³/mol. The van der Waals surface area contributed by atoms with Gasteiger partial charge in [0.2, 0.25) is 0 Å². The van der Waals surface area contributed by atoms with Crippen molar-refractivity contribution >= 4 is 11.6 Å². The molecular formula is C19H20N2O2. The molecule has 1 N–H and O–H groups in total. The fraction of sp³-hybridized carbons (Fsp3) is 0.316. The number of piperidine rings is 1. The van der Waals surface area contributed by atoms with E-state index in [1.807, 2.05) is 71.4 Å². The van der Waals surface area contributed by atoms with Crippen molar-refractivity contribution in [2.45, 2.75) is 24.6 Å². The molecular weight excluding hydrogens is 288 g/mol. The summed E-state index contributed by atoms with van der Waals surface area (Å²) in [5.41, 5.74) is 1.61. The zero-order valence-corrected chi connectivity index (χ0v) is 13.1. The third kappa shape index (κ3) is 1.98. The number of para-hydroxylation sites is 1. The second-order valence-corrected chi connectivity index (χ2v) is 6.39. The van der Waals surface area contributed by atoms with E-state index in [4.69, 9.17) is 0 Å². The molecule has 0 radical (unpaired) electrons. The minimum absolute atomic E-state index is 0.0200. The number of carbonyl (C=O) groups excluding carboxylic acids is 1. The van der Waals surface area contributed by atoms with Gasteiger partial charge in [-0.1, -0.05) is 36.4 Å². The Morgan fingerprint density at radius 1 is 1.13 bits per heavy atom. The van der Waals surface area contributed by atoms with E-state index in [1.165, 1.54) is 0 Å². The highest BCUT2D eigenvalue weighted by Gasteiger charge is 2.54. The summed E-state index contributed by atoms with van der Waals surface area (Å²) in [6, 6.07) is 17.2. The van der Waals surface area contributed by atoms with Crippen LogP contribution in [0.2, 0.25) is 0 Å². The summed E-state index contributed by atoms with van der Waals surface area (Å²) in [5.74, 6) is -0.0200. The van der Waals surface area contributed by atoms with Crippen LogP contribution in [0.15, 0.2) is 54.6 Å². The van der Waals surface area contributed by atoms with Crippen LogP contribution in [0.1, 0.15) is 28.8 Å². The lowest BCUT2D eigenvalue weighted by Gasteiger charge is -2.45. The van der Waals surface area contributed by atoms with Gasteiger partial charge in [0.1, 0.15) is 11.8 Å². The van der Waals surface area contributed by atoms with Gasteiger partial charge < -0.3 is 14.9 Å². The molecule has 4 heteroatoms. The van der Waals surface area contributed by atoms with Gasteiger partial charge in [-0.05, 0) is 31.0 Å². The molecule has 0 bridgehead atoms. The number of hydrogen-bond donors (Lipinski definition) is 1. The second-order valence-electron chi connectivity index (χ2n) is 6.39. The monoisotopic (exact) mass is 308 g/mol. The number of nitrogens with zero attached hydrogens (tertiary/aromatic N) is 2. The van der Waals surface area contributed by atoms with Crippen LogP contribution < -0.4 is 4.90 Å². The molecule has 0 saturated carbocycles. The summed E-state index contributed by atoms with van der Waals surface area (Å²) in [6.45, 7) is 0.666. The Morgan fingerprint density at radius 2 is 1.83 bits per heavy atom. The van der Waals surface area contributed by atoms with E-state index in [0.29, 0.717) is 18.5 Å². The number of fused-ring (bicyclic) bond motifs is 3. The first kappa shape index (κ1) is 14.3. The molecule has 0 aliphatic carbocycles. The Bertz CT molecular complexity index is 746. The number of hydrogen-bond acceptors (Lipinski definition) is 3. The average molecular weight is 308 g/mol. The lowest BCUT2D eigenvalue weighted by atomic mass is 9.85. The zero-order chi connectivity index (χ0) is 16.0. The number of likely N-dealkylation sites (N-methyl/N-ethyl adjacent to an activating group) is 1. The molecule has 1 amide bonds. The smallest absolute Gasteiger partial charge is 0.255 e. The molecule has 2 aliphatic rings. The number of rotatable bonds is 1. The van der Waals surface area contributed by atoms with Gasteiger partial charge in [0.15, 0.2) is 0 Å². The van der Waals surface area contributed by atoms with Crippen molar-refractivity contribution in [2.75, 3.05) is 18.5 Å². The van der Waals surface area contributed by atoms with Crippen molar-refractivity contribution in [1.82, 2.24) is 4.90 Å². The largest absolute Gasteiger partial charge is 0.381 e. The van der Waals surface area contributed by atoms with Crippen LogP contribution in [0.3, 0.4) is 0 Å². The third-order valence-corrected chi connectivity index (χ3v) is 5.08. The van der Waals surface area contributed by atoms with Crippen LogP contribution in [0.5, 0.6) is 0 Å². The van der Waals surface area contributed by atoms with E-state index < -0.39 is 5.60 Å². The van der Waals surface area contributed by atoms with Crippen LogP contribution in [-0.4, -0.2) is 35.7 Å². The van der Waals surface area contributed by atoms with Crippen LogP contribution in [0, 0.1) is 0 Å². The quantitative estimate of drug-likeness (QED) is 0.880. The van der Waals surface area contributed by atoms with Crippen LogP contribution >= 0.6 is 0 Å². The minimum atomic E-state index is -0.992.